The van der Waals surface area contributed by atoms with Crippen molar-refractivity contribution in [2.45, 2.75) is 24.1 Å². The number of aromatic hydroxyl groups is 1. The Labute approximate surface area is 121 Å². The molecule has 1 aliphatic heterocycles. The van der Waals surface area contributed by atoms with Gasteiger partial charge in [-0.1, -0.05) is 6.07 Å². The van der Waals surface area contributed by atoms with E-state index in [4.69, 9.17) is 0 Å². The average Bonchev–Trinajstić information content (AvgIpc) is 2.85. The van der Waals surface area contributed by atoms with Crippen molar-refractivity contribution < 1.29 is 13.5 Å². The van der Waals surface area contributed by atoms with Crippen molar-refractivity contribution in [3.8, 4) is 5.75 Å². The molecule has 0 saturated carbocycles. The normalized spacial score (nSPS) is 16.1. The Hall–Kier alpha value is -1.44. The van der Waals surface area contributed by atoms with Gasteiger partial charge in [0, 0.05) is 13.1 Å². The molecule has 3 rings (SSSR count). The molecule has 1 aromatic heterocycles. The first kappa shape index (κ1) is 13.5. The smallest absolute Gasteiger partial charge is 0.254 e. The molecule has 0 aliphatic carbocycles. The first-order chi connectivity index (χ1) is 9.46. The first-order valence-corrected chi connectivity index (χ1v) is 8.46. The number of aromatic nitrogens is 1. The van der Waals surface area contributed by atoms with E-state index in [0.717, 1.165) is 16.1 Å². The van der Waals surface area contributed by atoms with Gasteiger partial charge in [0.15, 0.2) is 4.21 Å². The van der Waals surface area contributed by atoms with Crippen LogP contribution < -0.4 is 0 Å². The minimum atomic E-state index is -3.49. The van der Waals surface area contributed by atoms with E-state index in [9.17, 15) is 13.5 Å². The van der Waals surface area contributed by atoms with Crippen molar-refractivity contribution in [2.24, 2.45) is 0 Å². The lowest BCUT2D eigenvalue weighted by Crippen LogP contribution is -2.35. The molecule has 2 heterocycles. The van der Waals surface area contributed by atoms with Crippen LogP contribution in [0.5, 0.6) is 5.75 Å². The number of fused-ring (bicyclic) bond motifs is 1. The van der Waals surface area contributed by atoms with Crippen molar-refractivity contribution >= 4 is 21.4 Å². The van der Waals surface area contributed by atoms with Gasteiger partial charge in [0.1, 0.15) is 5.75 Å². The molecule has 7 heteroatoms. The van der Waals surface area contributed by atoms with E-state index in [1.165, 1.54) is 21.8 Å². The standard InChI is InChI=1S/C13H14N2O3S2/c1-9-14-7-13(19-9)20(17,18)15-5-4-10-2-3-12(16)6-11(10)8-15/h2-3,6-7,16H,4-5,8H2,1H3. The summed E-state index contributed by atoms with van der Waals surface area (Å²) in [5.41, 5.74) is 1.95. The van der Waals surface area contributed by atoms with Crippen molar-refractivity contribution in [3.05, 3.63) is 40.5 Å². The summed E-state index contributed by atoms with van der Waals surface area (Å²) >= 11 is 1.18. The Morgan fingerprint density at radius 3 is 2.85 bits per heavy atom. The Morgan fingerprint density at radius 1 is 1.35 bits per heavy atom. The molecule has 0 amide bonds. The lowest BCUT2D eigenvalue weighted by Gasteiger charge is -2.27. The number of thiazole rings is 1. The van der Waals surface area contributed by atoms with Gasteiger partial charge in [-0.05, 0) is 36.6 Å². The highest BCUT2D eigenvalue weighted by molar-refractivity contribution is 7.91. The predicted molar refractivity (Wildman–Crippen MR) is 76.3 cm³/mol. The van der Waals surface area contributed by atoms with Crippen LogP contribution in [0.1, 0.15) is 16.1 Å². The van der Waals surface area contributed by atoms with Gasteiger partial charge in [-0.2, -0.15) is 4.31 Å². The lowest BCUT2D eigenvalue weighted by atomic mass is 10.0. The maximum absolute atomic E-state index is 12.5. The fourth-order valence-electron chi connectivity index (χ4n) is 2.31. The van der Waals surface area contributed by atoms with Gasteiger partial charge in [0.2, 0.25) is 0 Å². The van der Waals surface area contributed by atoms with E-state index in [2.05, 4.69) is 4.98 Å². The summed E-state index contributed by atoms with van der Waals surface area (Å²) in [6.07, 6.45) is 2.07. The van der Waals surface area contributed by atoms with Crippen molar-refractivity contribution in [3.63, 3.8) is 0 Å². The summed E-state index contributed by atoms with van der Waals surface area (Å²) in [4.78, 5) is 4.01. The largest absolute Gasteiger partial charge is 0.508 e. The van der Waals surface area contributed by atoms with Crippen LogP contribution in [0.4, 0.5) is 0 Å². The van der Waals surface area contributed by atoms with Crippen molar-refractivity contribution in [1.82, 2.24) is 9.29 Å². The van der Waals surface area contributed by atoms with Gasteiger partial charge in [-0.3, -0.25) is 0 Å². The topological polar surface area (TPSA) is 70.5 Å². The summed E-state index contributed by atoms with van der Waals surface area (Å²) in [6, 6.07) is 5.12. The number of hydrogen-bond donors (Lipinski definition) is 1. The Bertz CT molecular complexity index is 753. The molecule has 20 heavy (non-hydrogen) atoms. The molecule has 0 spiro atoms. The predicted octanol–water partition coefficient (Wildman–Crippen LogP) is 1.90. The van der Waals surface area contributed by atoms with Crippen LogP contribution in [0.25, 0.3) is 0 Å². The van der Waals surface area contributed by atoms with E-state index in [1.807, 2.05) is 6.07 Å². The van der Waals surface area contributed by atoms with Crippen molar-refractivity contribution in [1.29, 1.82) is 0 Å². The number of aryl methyl sites for hydroxylation is 1. The maximum Gasteiger partial charge on any atom is 0.254 e. The molecule has 1 aliphatic rings. The summed E-state index contributed by atoms with van der Waals surface area (Å²) in [5, 5.41) is 10.3. The van der Waals surface area contributed by atoms with E-state index in [-0.39, 0.29) is 9.96 Å². The van der Waals surface area contributed by atoms with Crippen LogP contribution in [-0.2, 0) is 23.0 Å². The number of sulfonamides is 1. The van der Waals surface area contributed by atoms with Crippen LogP contribution in [-0.4, -0.2) is 29.4 Å². The fourth-order valence-corrected chi connectivity index (χ4v) is 4.99. The van der Waals surface area contributed by atoms with Gasteiger partial charge in [-0.15, -0.1) is 11.3 Å². The molecular formula is C13H14N2O3S2. The molecule has 0 unspecified atom stereocenters. The quantitative estimate of drug-likeness (QED) is 0.920. The Kier molecular flexibility index (Phi) is 3.27. The molecule has 0 saturated heterocycles. The van der Waals surface area contributed by atoms with E-state index >= 15 is 0 Å². The number of phenolic OH excluding ortho intramolecular Hbond substituents is 1. The Morgan fingerprint density at radius 2 is 2.15 bits per heavy atom. The van der Waals surface area contributed by atoms with Crippen LogP contribution in [0.3, 0.4) is 0 Å². The zero-order valence-corrected chi connectivity index (χ0v) is 12.5. The highest BCUT2D eigenvalue weighted by Crippen LogP contribution is 2.29. The van der Waals surface area contributed by atoms with Gasteiger partial charge >= 0.3 is 0 Å². The Balaban J connectivity index is 1.93. The number of benzene rings is 1. The minimum absolute atomic E-state index is 0.164. The number of hydrogen-bond acceptors (Lipinski definition) is 5. The molecule has 0 fully saturated rings. The number of nitrogens with zero attached hydrogens (tertiary/aromatic N) is 2. The SMILES string of the molecule is Cc1ncc(S(=O)(=O)N2CCc3ccc(O)cc3C2)s1. The molecular weight excluding hydrogens is 296 g/mol. The third kappa shape index (κ3) is 2.32. The number of phenols is 1. The van der Waals surface area contributed by atoms with Gasteiger partial charge < -0.3 is 5.11 Å². The molecule has 1 aromatic carbocycles. The zero-order valence-electron chi connectivity index (χ0n) is 10.9. The van der Waals surface area contributed by atoms with Crippen LogP contribution >= 0.6 is 11.3 Å². The summed E-state index contributed by atoms with van der Waals surface area (Å²) in [5.74, 6) is 0.164. The lowest BCUT2D eigenvalue weighted by molar-refractivity contribution is 0.390. The van der Waals surface area contributed by atoms with Crippen molar-refractivity contribution in [2.75, 3.05) is 6.54 Å². The molecule has 106 valence electrons. The van der Waals surface area contributed by atoms with Crippen LogP contribution in [0, 0.1) is 6.92 Å². The van der Waals surface area contributed by atoms with Crippen LogP contribution in [0.15, 0.2) is 28.6 Å². The summed E-state index contributed by atoms with van der Waals surface area (Å²) in [6.45, 7) is 2.54. The summed E-state index contributed by atoms with van der Waals surface area (Å²) < 4.78 is 26.8. The molecule has 5 nitrogen and oxygen atoms in total. The minimum Gasteiger partial charge on any atom is -0.508 e. The second kappa shape index (κ2) is 4.83. The van der Waals surface area contributed by atoms with E-state index in [0.29, 0.717) is 19.5 Å². The fraction of sp³-hybridized carbons (Fsp3) is 0.308. The molecule has 0 bridgehead atoms. The summed E-state index contributed by atoms with van der Waals surface area (Å²) in [7, 11) is -3.49. The third-order valence-corrected chi connectivity index (χ3v) is 6.56. The second-order valence-corrected chi connectivity index (χ2v) is 8.14. The monoisotopic (exact) mass is 310 g/mol. The van der Waals surface area contributed by atoms with Crippen LogP contribution in [0.2, 0.25) is 0 Å². The maximum atomic E-state index is 12.5. The van der Waals surface area contributed by atoms with E-state index in [1.54, 1.807) is 19.1 Å². The highest BCUT2D eigenvalue weighted by Gasteiger charge is 2.29. The first-order valence-electron chi connectivity index (χ1n) is 6.20. The molecule has 1 N–H and O–H groups in total. The average molecular weight is 310 g/mol. The number of rotatable bonds is 2. The zero-order chi connectivity index (χ0) is 14.3. The third-order valence-electron chi connectivity index (χ3n) is 3.36. The van der Waals surface area contributed by atoms with Gasteiger partial charge in [0.05, 0.1) is 11.2 Å². The second-order valence-electron chi connectivity index (χ2n) is 4.74. The van der Waals surface area contributed by atoms with E-state index < -0.39 is 10.0 Å². The van der Waals surface area contributed by atoms with Gasteiger partial charge in [-0.25, -0.2) is 13.4 Å². The molecule has 2 aromatic rings. The highest BCUT2D eigenvalue weighted by atomic mass is 32.2. The van der Waals surface area contributed by atoms with Gasteiger partial charge in [0.25, 0.3) is 10.0 Å². The molecule has 0 atom stereocenters. The molecule has 0 radical (unpaired) electrons.